The van der Waals surface area contributed by atoms with Crippen molar-refractivity contribution in [1.82, 2.24) is 5.32 Å². The predicted octanol–water partition coefficient (Wildman–Crippen LogP) is 0.511. The topological polar surface area (TPSA) is 69.2 Å². The molecule has 1 rings (SSSR count). The number of carboxylic acid groups (broad SMARTS) is 1. The van der Waals surface area contributed by atoms with Crippen LogP contribution >= 0.6 is 0 Å². The first kappa shape index (κ1) is 14.2. The van der Waals surface area contributed by atoms with Gasteiger partial charge in [-0.05, 0) is 24.3 Å². The molecule has 1 aromatic rings. The number of hydrogen-bond donors (Lipinski definition) is 1. The minimum Gasteiger partial charge on any atom is -0.550 e. The third-order valence-electron chi connectivity index (χ3n) is 2.63. The summed E-state index contributed by atoms with van der Waals surface area (Å²) in [6.07, 6.45) is 0.927. The SMILES string of the molecule is C[C@H](CC(=O)[O-])CC(=O)NCCc1ccccc1. The fourth-order valence-corrected chi connectivity index (χ4v) is 1.74. The van der Waals surface area contributed by atoms with Gasteiger partial charge in [0, 0.05) is 18.9 Å². The van der Waals surface area contributed by atoms with Crippen LogP contribution in [-0.4, -0.2) is 18.4 Å². The molecule has 0 saturated carbocycles. The van der Waals surface area contributed by atoms with Crippen LogP contribution in [-0.2, 0) is 16.0 Å². The largest absolute Gasteiger partial charge is 0.550 e. The van der Waals surface area contributed by atoms with E-state index in [0.717, 1.165) is 6.42 Å². The molecule has 0 aliphatic rings. The van der Waals surface area contributed by atoms with E-state index in [-0.39, 0.29) is 24.7 Å². The molecule has 0 spiro atoms. The Kier molecular flexibility index (Phi) is 5.91. The monoisotopic (exact) mass is 248 g/mol. The minimum atomic E-state index is -1.11. The Bertz CT molecular complexity index is 389. The number of aliphatic carboxylic acids is 1. The summed E-state index contributed by atoms with van der Waals surface area (Å²) in [5, 5.41) is 13.1. The summed E-state index contributed by atoms with van der Waals surface area (Å²) < 4.78 is 0. The number of amides is 1. The molecule has 0 radical (unpaired) electrons. The van der Waals surface area contributed by atoms with Crippen LogP contribution in [0.1, 0.15) is 25.3 Å². The van der Waals surface area contributed by atoms with E-state index in [2.05, 4.69) is 5.32 Å². The third kappa shape index (κ3) is 6.03. The van der Waals surface area contributed by atoms with Gasteiger partial charge in [-0.25, -0.2) is 0 Å². The Morgan fingerprint density at radius 3 is 2.50 bits per heavy atom. The molecule has 0 heterocycles. The Labute approximate surface area is 107 Å². The van der Waals surface area contributed by atoms with Gasteiger partial charge in [-0.1, -0.05) is 37.3 Å². The van der Waals surface area contributed by atoms with Gasteiger partial charge < -0.3 is 15.2 Å². The first-order valence-corrected chi connectivity index (χ1v) is 6.08. The standard InChI is InChI=1S/C14H19NO3/c1-11(10-14(17)18)9-13(16)15-8-7-12-5-3-2-4-6-12/h2-6,11H,7-10H2,1H3,(H,15,16)(H,17,18)/p-1/t11-/m0/s1. The lowest BCUT2D eigenvalue weighted by molar-refractivity contribution is -0.306. The van der Waals surface area contributed by atoms with Crippen molar-refractivity contribution in [2.75, 3.05) is 6.54 Å². The molecule has 98 valence electrons. The van der Waals surface area contributed by atoms with Crippen LogP contribution in [0.3, 0.4) is 0 Å². The summed E-state index contributed by atoms with van der Waals surface area (Å²) in [4.78, 5) is 21.8. The number of nitrogens with one attached hydrogen (secondary N) is 1. The van der Waals surface area contributed by atoms with Crippen LogP contribution in [0, 0.1) is 5.92 Å². The quantitative estimate of drug-likeness (QED) is 0.764. The maximum absolute atomic E-state index is 11.5. The average Bonchev–Trinajstić information content (AvgIpc) is 2.29. The smallest absolute Gasteiger partial charge is 0.220 e. The zero-order chi connectivity index (χ0) is 13.4. The number of carbonyl (C=O) groups is 2. The molecule has 0 aromatic heterocycles. The second-order valence-corrected chi connectivity index (χ2v) is 4.47. The number of carbonyl (C=O) groups excluding carboxylic acids is 2. The maximum Gasteiger partial charge on any atom is 0.220 e. The molecule has 0 fully saturated rings. The molecule has 0 unspecified atom stereocenters. The van der Waals surface area contributed by atoms with Gasteiger partial charge in [0.2, 0.25) is 5.91 Å². The molecule has 4 heteroatoms. The first-order valence-electron chi connectivity index (χ1n) is 6.08. The highest BCUT2D eigenvalue weighted by molar-refractivity contribution is 5.76. The van der Waals surface area contributed by atoms with Gasteiger partial charge in [0.1, 0.15) is 0 Å². The van der Waals surface area contributed by atoms with Gasteiger partial charge >= 0.3 is 0 Å². The second kappa shape index (κ2) is 7.48. The lowest BCUT2D eigenvalue weighted by atomic mass is 10.0. The van der Waals surface area contributed by atoms with Crippen molar-refractivity contribution in [1.29, 1.82) is 0 Å². The maximum atomic E-state index is 11.5. The predicted molar refractivity (Wildman–Crippen MR) is 66.6 cm³/mol. The van der Waals surface area contributed by atoms with Crippen molar-refractivity contribution in [2.45, 2.75) is 26.2 Å². The van der Waals surface area contributed by atoms with Crippen LogP contribution in [0.2, 0.25) is 0 Å². The van der Waals surface area contributed by atoms with Crippen molar-refractivity contribution in [3.05, 3.63) is 35.9 Å². The Hall–Kier alpha value is -1.84. The summed E-state index contributed by atoms with van der Waals surface area (Å²) in [5.41, 5.74) is 1.17. The van der Waals surface area contributed by atoms with Crippen molar-refractivity contribution in [2.24, 2.45) is 5.92 Å². The van der Waals surface area contributed by atoms with Gasteiger partial charge in [0.05, 0.1) is 0 Å². The van der Waals surface area contributed by atoms with E-state index in [9.17, 15) is 14.7 Å². The Morgan fingerprint density at radius 2 is 1.89 bits per heavy atom. The van der Waals surface area contributed by atoms with Crippen LogP contribution in [0.25, 0.3) is 0 Å². The molecule has 0 saturated heterocycles. The first-order chi connectivity index (χ1) is 8.58. The molecule has 4 nitrogen and oxygen atoms in total. The lowest BCUT2D eigenvalue weighted by Crippen LogP contribution is -2.30. The normalized spacial score (nSPS) is 11.8. The van der Waals surface area contributed by atoms with E-state index in [0.29, 0.717) is 6.54 Å². The molecular weight excluding hydrogens is 230 g/mol. The molecule has 0 bridgehead atoms. The molecule has 1 N–H and O–H groups in total. The van der Waals surface area contributed by atoms with Gasteiger partial charge in [-0.3, -0.25) is 4.79 Å². The number of benzene rings is 1. The second-order valence-electron chi connectivity index (χ2n) is 4.47. The van der Waals surface area contributed by atoms with Crippen molar-refractivity contribution < 1.29 is 14.7 Å². The fourth-order valence-electron chi connectivity index (χ4n) is 1.74. The number of rotatable bonds is 7. The van der Waals surface area contributed by atoms with Gasteiger partial charge in [-0.15, -0.1) is 0 Å². The van der Waals surface area contributed by atoms with Crippen LogP contribution in [0.4, 0.5) is 0 Å². The molecule has 0 aliphatic carbocycles. The van der Waals surface area contributed by atoms with E-state index in [1.165, 1.54) is 5.56 Å². The summed E-state index contributed by atoms with van der Waals surface area (Å²) >= 11 is 0. The van der Waals surface area contributed by atoms with Crippen LogP contribution in [0.5, 0.6) is 0 Å². The van der Waals surface area contributed by atoms with E-state index in [1.807, 2.05) is 30.3 Å². The zero-order valence-corrected chi connectivity index (χ0v) is 10.5. The Morgan fingerprint density at radius 1 is 1.22 bits per heavy atom. The van der Waals surface area contributed by atoms with Crippen LogP contribution in [0.15, 0.2) is 30.3 Å². The molecular formula is C14H18NO3-. The lowest BCUT2D eigenvalue weighted by Gasteiger charge is -2.11. The van der Waals surface area contributed by atoms with E-state index in [4.69, 9.17) is 0 Å². The number of hydrogen-bond acceptors (Lipinski definition) is 3. The highest BCUT2D eigenvalue weighted by Gasteiger charge is 2.08. The van der Waals surface area contributed by atoms with Gasteiger partial charge in [0.15, 0.2) is 0 Å². The third-order valence-corrected chi connectivity index (χ3v) is 2.63. The Balaban J connectivity index is 2.19. The molecule has 0 aliphatic heterocycles. The van der Waals surface area contributed by atoms with Crippen molar-refractivity contribution in [3.8, 4) is 0 Å². The van der Waals surface area contributed by atoms with E-state index >= 15 is 0 Å². The van der Waals surface area contributed by atoms with E-state index < -0.39 is 5.97 Å². The van der Waals surface area contributed by atoms with E-state index in [1.54, 1.807) is 6.92 Å². The number of carboxylic acids is 1. The highest BCUT2D eigenvalue weighted by atomic mass is 16.4. The molecule has 1 aromatic carbocycles. The fraction of sp³-hybridized carbons (Fsp3) is 0.429. The highest BCUT2D eigenvalue weighted by Crippen LogP contribution is 2.06. The zero-order valence-electron chi connectivity index (χ0n) is 10.5. The minimum absolute atomic E-state index is 0.0773. The van der Waals surface area contributed by atoms with Crippen molar-refractivity contribution >= 4 is 11.9 Å². The summed E-state index contributed by atoms with van der Waals surface area (Å²) in [6.45, 7) is 2.30. The summed E-state index contributed by atoms with van der Waals surface area (Å²) in [7, 11) is 0. The average molecular weight is 248 g/mol. The molecule has 1 amide bonds. The van der Waals surface area contributed by atoms with Gasteiger partial charge in [0.25, 0.3) is 0 Å². The molecule has 1 atom stereocenters. The van der Waals surface area contributed by atoms with Gasteiger partial charge in [-0.2, -0.15) is 0 Å². The molecule has 18 heavy (non-hydrogen) atoms. The summed E-state index contributed by atoms with van der Waals surface area (Å²) in [6, 6.07) is 9.87. The van der Waals surface area contributed by atoms with Crippen LogP contribution < -0.4 is 10.4 Å². The summed E-state index contributed by atoms with van der Waals surface area (Å²) in [5.74, 6) is -1.41. The van der Waals surface area contributed by atoms with Crippen molar-refractivity contribution in [3.63, 3.8) is 0 Å².